The van der Waals surface area contributed by atoms with Gasteiger partial charge in [0.05, 0.1) is 6.10 Å². The monoisotopic (exact) mass is 315 g/mol. The van der Waals surface area contributed by atoms with Crippen LogP contribution in [0.3, 0.4) is 0 Å². The van der Waals surface area contributed by atoms with Crippen LogP contribution in [-0.2, 0) is 11.3 Å². The molecule has 122 valence electrons. The van der Waals surface area contributed by atoms with Crippen molar-refractivity contribution in [2.75, 3.05) is 5.32 Å². The number of anilines is 1. The number of ether oxygens (including phenoxy) is 1. The molecule has 2 N–H and O–H groups in total. The fourth-order valence-corrected chi connectivity index (χ4v) is 2.75. The van der Waals surface area contributed by atoms with Crippen LogP contribution in [0.15, 0.2) is 42.7 Å². The highest BCUT2D eigenvalue weighted by molar-refractivity contribution is 5.90. The average Bonchev–Trinajstić information content (AvgIpc) is 3.04. The molecule has 1 amide bonds. The number of rotatable bonds is 5. The molecule has 6 heteroatoms. The van der Waals surface area contributed by atoms with Gasteiger partial charge in [-0.1, -0.05) is 6.42 Å². The number of carbonyl (C=O) groups is 1. The van der Waals surface area contributed by atoms with Crippen LogP contribution in [0.25, 0.3) is 0 Å². The first-order valence-corrected chi connectivity index (χ1v) is 7.93. The Kier molecular flexibility index (Phi) is 4.92. The normalized spacial score (nSPS) is 20.9. The second kappa shape index (κ2) is 7.28. The van der Waals surface area contributed by atoms with Gasteiger partial charge < -0.3 is 15.2 Å². The molecule has 0 radical (unpaired) electrons. The van der Waals surface area contributed by atoms with E-state index < -0.39 is 6.10 Å². The highest BCUT2D eigenvalue weighted by Crippen LogP contribution is 2.24. The van der Waals surface area contributed by atoms with E-state index >= 15 is 0 Å². The van der Waals surface area contributed by atoms with Gasteiger partial charge in [0.25, 0.3) is 0 Å². The molecule has 0 unspecified atom stereocenters. The summed E-state index contributed by atoms with van der Waals surface area (Å²) in [6.07, 6.45) is 6.67. The first-order valence-electron chi connectivity index (χ1n) is 7.93. The summed E-state index contributed by atoms with van der Waals surface area (Å²) in [5.74, 6) is 0.575. The Labute approximate surface area is 135 Å². The Balaban J connectivity index is 1.53. The van der Waals surface area contributed by atoms with Crippen molar-refractivity contribution in [3.05, 3.63) is 42.7 Å². The van der Waals surface area contributed by atoms with E-state index in [0.29, 0.717) is 11.4 Å². The molecule has 0 aliphatic heterocycles. The van der Waals surface area contributed by atoms with Crippen molar-refractivity contribution in [1.82, 2.24) is 9.78 Å². The summed E-state index contributed by atoms with van der Waals surface area (Å²) in [4.78, 5) is 11.9. The molecule has 1 aliphatic rings. The van der Waals surface area contributed by atoms with E-state index in [-0.39, 0.29) is 18.6 Å². The second-order valence-electron chi connectivity index (χ2n) is 5.78. The largest absolute Gasteiger partial charge is 0.488 e. The third-order valence-electron chi connectivity index (χ3n) is 3.96. The lowest BCUT2D eigenvalue weighted by molar-refractivity contribution is -0.116. The molecule has 23 heavy (non-hydrogen) atoms. The molecule has 1 fully saturated rings. The zero-order valence-corrected chi connectivity index (χ0v) is 12.9. The van der Waals surface area contributed by atoms with E-state index in [2.05, 4.69) is 10.4 Å². The smallest absolute Gasteiger partial charge is 0.246 e. The Morgan fingerprint density at radius 3 is 2.78 bits per heavy atom. The lowest BCUT2D eigenvalue weighted by Crippen LogP contribution is -2.34. The number of carbonyl (C=O) groups excluding carboxylic acids is 1. The highest BCUT2D eigenvalue weighted by atomic mass is 16.5. The zero-order chi connectivity index (χ0) is 16.1. The van der Waals surface area contributed by atoms with E-state index in [1.807, 2.05) is 12.1 Å². The third kappa shape index (κ3) is 4.32. The minimum atomic E-state index is -0.391. The number of hydrogen-bond acceptors (Lipinski definition) is 4. The Morgan fingerprint density at radius 2 is 2.09 bits per heavy atom. The number of aromatic nitrogens is 2. The van der Waals surface area contributed by atoms with Crippen LogP contribution in [0.2, 0.25) is 0 Å². The van der Waals surface area contributed by atoms with Gasteiger partial charge in [-0.25, -0.2) is 0 Å². The van der Waals surface area contributed by atoms with Crippen LogP contribution in [0, 0.1) is 0 Å². The minimum Gasteiger partial charge on any atom is -0.488 e. The highest BCUT2D eigenvalue weighted by Gasteiger charge is 2.24. The van der Waals surface area contributed by atoms with E-state index in [9.17, 15) is 9.90 Å². The molecule has 1 aromatic heterocycles. The van der Waals surface area contributed by atoms with Gasteiger partial charge >= 0.3 is 0 Å². The van der Waals surface area contributed by atoms with Crippen LogP contribution in [0.5, 0.6) is 5.75 Å². The van der Waals surface area contributed by atoms with Crippen LogP contribution in [-0.4, -0.2) is 33.0 Å². The molecule has 1 aromatic carbocycles. The zero-order valence-electron chi connectivity index (χ0n) is 12.9. The van der Waals surface area contributed by atoms with E-state index in [0.717, 1.165) is 25.7 Å². The molecular weight excluding hydrogens is 294 g/mol. The van der Waals surface area contributed by atoms with Gasteiger partial charge in [-0.3, -0.25) is 9.48 Å². The topological polar surface area (TPSA) is 76.4 Å². The molecule has 1 aliphatic carbocycles. The predicted molar refractivity (Wildman–Crippen MR) is 86.2 cm³/mol. The number of nitrogens with one attached hydrogen (secondary N) is 1. The summed E-state index contributed by atoms with van der Waals surface area (Å²) in [6, 6.07) is 8.99. The SMILES string of the molecule is O=C(Cn1cccn1)Nc1ccc(O[C@@H]2CCCC[C@@H]2O)cc1. The first kappa shape index (κ1) is 15.6. The molecule has 2 aromatic rings. The van der Waals surface area contributed by atoms with Crippen molar-refractivity contribution < 1.29 is 14.6 Å². The Morgan fingerprint density at radius 1 is 1.30 bits per heavy atom. The summed E-state index contributed by atoms with van der Waals surface area (Å²) in [5, 5.41) is 16.7. The van der Waals surface area contributed by atoms with Gasteiger partial charge in [0, 0.05) is 18.1 Å². The standard InChI is InChI=1S/C17H21N3O3/c21-15-4-1-2-5-16(15)23-14-8-6-13(7-9-14)19-17(22)12-20-11-3-10-18-20/h3,6-11,15-16,21H,1-2,4-5,12H2,(H,19,22)/t15-,16+/m0/s1. The van der Waals surface area contributed by atoms with E-state index in [1.165, 1.54) is 0 Å². The average molecular weight is 315 g/mol. The Bertz CT molecular complexity index is 625. The van der Waals surface area contributed by atoms with Crippen molar-refractivity contribution in [3.63, 3.8) is 0 Å². The molecule has 0 spiro atoms. The Hall–Kier alpha value is -2.34. The molecule has 3 rings (SSSR count). The lowest BCUT2D eigenvalue weighted by atomic mass is 9.95. The fourth-order valence-electron chi connectivity index (χ4n) is 2.75. The quantitative estimate of drug-likeness (QED) is 0.887. The molecular formula is C17H21N3O3. The van der Waals surface area contributed by atoms with Gasteiger partial charge in [0.2, 0.25) is 5.91 Å². The summed E-state index contributed by atoms with van der Waals surface area (Å²) in [6.45, 7) is 0.180. The molecule has 1 heterocycles. The van der Waals surface area contributed by atoms with Crippen molar-refractivity contribution >= 4 is 11.6 Å². The summed E-state index contributed by atoms with van der Waals surface area (Å²) < 4.78 is 7.40. The van der Waals surface area contributed by atoms with Crippen molar-refractivity contribution in [1.29, 1.82) is 0 Å². The maximum absolute atomic E-state index is 11.9. The van der Waals surface area contributed by atoms with Crippen LogP contribution in [0.4, 0.5) is 5.69 Å². The van der Waals surface area contributed by atoms with Crippen molar-refractivity contribution in [2.24, 2.45) is 0 Å². The fraction of sp³-hybridized carbons (Fsp3) is 0.412. The maximum Gasteiger partial charge on any atom is 0.246 e. The second-order valence-corrected chi connectivity index (χ2v) is 5.78. The van der Waals surface area contributed by atoms with Crippen LogP contribution < -0.4 is 10.1 Å². The summed E-state index contributed by atoms with van der Waals surface area (Å²) in [5.41, 5.74) is 0.707. The number of hydrogen-bond donors (Lipinski definition) is 2. The van der Waals surface area contributed by atoms with Gasteiger partial charge in [0.1, 0.15) is 18.4 Å². The number of nitrogens with zero attached hydrogens (tertiary/aromatic N) is 2. The number of aliphatic hydroxyl groups is 1. The van der Waals surface area contributed by atoms with Gasteiger partial charge in [-0.05, 0) is 49.6 Å². The van der Waals surface area contributed by atoms with Crippen LogP contribution >= 0.6 is 0 Å². The van der Waals surface area contributed by atoms with Gasteiger partial charge in [0.15, 0.2) is 0 Å². The van der Waals surface area contributed by atoms with Gasteiger partial charge in [-0.15, -0.1) is 0 Å². The molecule has 1 saturated carbocycles. The minimum absolute atomic E-state index is 0.134. The number of benzene rings is 1. The van der Waals surface area contributed by atoms with Crippen LogP contribution in [0.1, 0.15) is 25.7 Å². The predicted octanol–water partition coefficient (Wildman–Crippen LogP) is 2.20. The molecule has 2 atom stereocenters. The molecule has 0 saturated heterocycles. The summed E-state index contributed by atoms with van der Waals surface area (Å²) in [7, 11) is 0. The number of amides is 1. The lowest BCUT2D eigenvalue weighted by Gasteiger charge is -2.28. The van der Waals surface area contributed by atoms with Crippen molar-refractivity contribution in [2.45, 2.75) is 44.4 Å². The summed E-state index contributed by atoms with van der Waals surface area (Å²) >= 11 is 0. The number of aliphatic hydroxyl groups excluding tert-OH is 1. The van der Waals surface area contributed by atoms with E-state index in [4.69, 9.17) is 4.74 Å². The first-order chi connectivity index (χ1) is 11.2. The van der Waals surface area contributed by atoms with Crippen molar-refractivity contribution in [3.8, 4) is 5.75 Å². The third-order valence-corrected chi connectivity index (χ3v) is 3.96. The molecule has 6 nitrogen and oxygen atoms in total. The molecule has 0 bridgehead atoms. The maximum atomic E-state index is 11.9. The van der Waals surface area contributed by atoms with E-state index in [1.54, 1.807) is 35.3 Å². The van der Waals surface area contributed by atoms with Gasteiger partial charge in [-0.2, -0.15) is 5.10 Å².